The van der Waals surface area contributed by atoms with Gasteiger partial charge in [0.25, 0.3) is 0 Å². The standard InChI is InChI=1S/C12H9ClN4S/c13-8-2-1-3-9(6-8)16-7-10-17-11-12(18-10)15-5-4-14-11/h1-6,16H,7H2. The van der Waals surface area contributed by atoms with Gasteiger partial charge in [0.2, 0.25) is 0 Å². The van der Waals surface area contributed by atoms with Crippen molar-refractivity contribution in [1.82, 2.24) is 15.0 Å². The Bertz CT molecular complexity index is 649. The molecule has 0 unspecified atom stereocenters. The van der Waals surface area contributed by atoms with Crippen LogP contribution < -0.4 is 5.32 Å². The molecule has 0 atom stereocenters. The molecule has 90 valence electrons. The zero-order valence-electron chi connectivity index (χ0n) is 9.30. The van der Waals surface area contributed by atoms with E-state index in [0.717, 1.165) is 15.5 Å². The summed E-state index contributed by atoms with van der Waals surface area (Å²) in [6, 6.07) is 7.60. The zero-order chi connectivity index (χ0) is 12.4. The van der Waals surface area contributed by atoms with E-state index in [1.165, 1.54) is 0 Å². The largest absolute Gasteiger partial charge is 0.378 e. The number of hydrogen-bond acceptors (Lipinski definition) is 5. The molecule has 0 bridgehead atoms. The molecule has 2 aromatic heterocycles. The Balaban J connectivity index is 1.76. The van der Waals surface area contributed by atoms with E-state index in [2.05, 4.69) is 20.3 Å². The van der Waals surface area contributed by atoms with E-state index < -0.39 is 0 Å². The summed E-state index contributed by atoms with van der Waals surface area (Å²) in [4.78, 5) is 13.6. The van der Waals surface area contributed by atoms with E-state index in [1.807, 2.05) is 24.3 Å². The Hall–Kier alpha value is -1.72. The number of anilines is 1. The van der Waals surface area contributed by atoms with Crippen molar-refractivity contribution in [2.24, 2.45) is 0 Å². The first-order valence-electron chi connectivity index (χ1n) is 5.37. The maximum absolute atomic E-state index is 5.92. The second kappa shape index (κ2) is 4.88. The Morgan fingerprint density at radius 2 is 2.11 bits per heavy atom. The highest BCUT2D eigenvalue weighted by Crippen LogP contribution is 2.20. The van der Waals surface area contributed by atoms with Crippen LogP contribution in [0.4, 0.5) is 5.69 Å². The first kappa shape index (κ1) is 11.4. The highest BCUT2D eigenvalue weighted by molar-refractivity contribution is 7.18. The highest BCUT2D eigenvalue weighted by atomic mass is 35.5. The van der Waals surface area contributed by atoms with Crippen LogP contribution in [0.15, 0.2) is 36.7 Å². The van der Waals surface area contributed by atoms with Gasteiger partial charge in [-0.2, -0.15) is 0 Å². The zero-order valence-corrected chi connectivity index (χ0v) is 10.9. The van der Waals surface area contributed by atoms with Crippen molar-refractivity contribution in [2.45, 2.75) is 6.54 Å². The lowest BCUT2D eigenvalue weighted by molar-refractivity contribution is 1.10. The molecule has 3 aromatic rings. The van der Waals surface area contributed by atoms with Gasteiger partial charge in [0, 0.05) is 23.1 Å². The van der Waals surface area contributed by atoms with E-state index >= 15 is 0 Å². The number of halogens is 1. The number of benzene rings is 1. The van der Waals surface area contributed by atoms with Gasteiger partial charge in [-0.15, -0.1) is 0 Å². The molecule has 0 spiro atoms. The second-order valence-corrected chi connectivity index (χ2v) is 5.16. The molecule has 3 rings (SSSR count). The molecule has 0 saturated carbocycles. The normalized spacial score (nSPS) is 10.7. The molecule has 0 radical (unpaired) electrons. The van der Waals surface area contributed by atoms with Gasteiger partial charge in [-0.1, -0.05) is 29.0 Å². The van der Waals surface area contributed by atoms with Crippen molar-refractivity contribution in [3.63, 3.8) is 0 Å². The van der Waals surface area contributed by atoms with Crippen LogP contribution in [0, 0.1) is 0 Å². The van der Waals surface area contributed by atoms with E-state index in [-0.39, 0.29) is 0 Å². The molecule has 2 heterocycles. The quantitative estimate of drug-likeness (QED) is 0.797. The van der Waals surface area contributed by atoms with Crippen molar-refractivity contribution in [1.29, 1.82) is 0 Å². The molecule has 0 aliphatic carbocycles. The van der Waals surface area contributed by atoms with Crippen molar-refractivity contribution in [3.8, 4) is 0 Å². The predicted molar refractivity (Wildman–Crippen MR) is 74.0 cm³/mol. The van der Waals surface area contributed by atoms with E-state index in [0.29, 0.717) is 17.2 Å². The Morgan fingerprint density at radius 3 is 2.94 bits per heavy atom. The third kappa shape index (κ3) is 2.42. The van der Waals surface area contributed by atoms with Gasteiger partial charge in [-0.05, 0) is 18.2 Å². The van der Waals surface area contributed by atoms with Crippen molar-refractivity contribution < 1.29 is 0 Å². The Kier molecular flexibility index (Phi) is 3.08. The fourth-order valence-electron chi connectivity index (χ4n) is 1.57. The van der Waals surface area contributed by atoms with Crippen LogP contribution in [-0.2, 0) is 6.54 Å². The minimum absolute atomic E-state index is 0.642. The lowest BCUT2D eigenvalue weighted by Gasteiger charge is -2.03. The van der Waals surface area contributed by atoms with Gasteiger partial charge in [-0.25, -0.2) is 15.0 Å². The molecule has 4 nitrogen and oxygen atoms in total. The van der Waals surface area contributed by atoms with Gasteiger partial charge >= 0.3 is 0 Å². The van der Waals surface area contributed by atoms with Gasteiger partial charge in [-0.3, -0.25) is 0 Å². The third-order valence-corrected chi connectivity index (χ3v) is 3.55. The number of aromatic nitrogens is 3. The first-order chi connectivity index (χ1) is 8.81. The van der Waals surface area contributed by atoms with E-state index in [4.69, 9.17) is 11.6 Å². The summed E-state index contributed by atoms with van der Waals surface area (Å²) in [5.74, 6) is 0. The van der Waals surface area contributed by atoms with Crippen LogP contribution in [0.2, 0.25) is 5.02 Å². The average molecular weight is 277 g/mol. The van der Waals surface area contributed by atoms with Crippen LogP contribution in [-0.4, -0.2) is 15.0 Å². The van der Waals surface area contributed by atoms with Crippen molar-refractivity contribution in [3.05, 3.63) is 46.7 Å². The second-order valence-electron chi connectivity index (χ2n) is 3.66. The smallest absolute Gasteiger partial charge is 0.189 e. The molecule has 0 aliphatic heterocycles. The minimum atomic E-state index is 0.642. The summed E-state index contributed by atoms with van der Waals surface area (Å²) in [7, 11) is 0. The summed E-state index contributed by atoms with van der Waals surface area (Å²) in [5, 5.41) is 4.94. The minimum Gasteiger partial charge on any atom is -0.378 e. The fraction of sp³-hybridized carbons (Fsp3) is 0.0833. The van der Waals surface area contributed by atoms with Crippen LogP contribution in [0.25, 0.3) is 10.5 Å². The monoisotopic (exact) mass is 276 g/mol. The van der Waals surface area contributed by atoms with E-state index in [1.54, 1.807) is 23.7 Å². The maximum Gasteiger partial charge on any atom is 0.189 e. The molecule has 0 fully saturated rings. The summed E-state index contributed by atoms with van der Waals surface area (Å²) < 4.78 is 0. The number of thiazole rings is 1. The number of hydrogen-bond donors (Lipinski definition) is 1. The SMILES string of the molecule is Clc1cccc(NCc2nc3nccnc3s2)c1. The molecular weight excluding hydrogens is 268 g/mol. The van der Waals surface area contributed by atoms with Gasteiger partial charge in [0.1, 0.15) is 5.01 Å². The molecule has 0 saturated heterocycles. The Morgan fingerprint density at radius 1 is 1.22 bits per heavy atom. The lowest BCUT2D eigenvalue weighted by Crippen LogP contribution is -1.98. The van der Waals surface area contributed by atoms with Gasteiger partial charge in [0.15, 0.2) is 10.5 Å². The number of nitrogens with zero attached hydrogens (tertiary/aromatic N) is 3. The van der Waals surface area contributed by atoms with Crippen LogP contribution in [0.1, 0.15) is 5.01 Å². The molecular formula is C12H9ClN4S. The molecule has 1 aromatic carbocycles. The molecule has 0 amide bonds. The average Bonchev–Trinajstić information content (AvgIpc) is 2.79. The first-order valence-corrected chi connectivity index (χ1v) is 6.56. The lowest BCUT2D eigenvalue weighted by atomic mass is 10.3. The topological polar surface area (TPSA) is 50.7 Å². The number of nitrogens with one attached hydrogen (secondary N) is 1. The van der Waals surface area contributed by atoms with Gasteiger partial charge < -0.3 is 5.32 Å². The third-order valence-electron chi connectivity index (χ3n) is 2.36. The number of fused-ring (bicyclic) bond motifs is 1. The highest BCUT2D eigenvalue weighted by Gasteiger charge is 2.04. The molecule has 18 heavy (non-hydrogen) atoms. The summed E-state index contributed by atoms with van der Waals surface area (Å²) in [6.45, 7) is 0.642. The summed E-state index contributed by atoms with van der Waals surface area (Å²) >= 11 is 7.46. The predicted octanol–water partition coefficient (Wildman–Crippen LogP) is 3.35. The molecule has 1 N–H and O–H groups in total. The molecule has 0 aliphatic rings. The summed E-state index contributed by atoms with van der Waals surface area (Å²) in [6.07, 6.45) is 3.32. The van der Waals surface area contributed by atoms with Crippen LogP contribution >= 0.6 is 22.9 Å². The number of rotatable bonds is 3. The van der Waals surface area contributed by atoms with Gasteiger partial charge in [0.05, 0.1) is 6.54 Å². The van der Waals surface area contributed by atoms with Crippen LogP contribution in [0.5, 0.6) is 0 Å². The van der Waals surface area contributed by atoms with E-state index in [9.17, 15) is 0 Å². The maximum atomic E-state index is 5.92. The van der Waals surface area contributed by atoms with Crippen molar-refractivity contribution >= 4 is 39.1 Å². The fourth-order valence-corrected chi connectivity index (χ4v) is 2.56. The summed E-state index contributed by atoms with van der Waals surface area (Å²) in [5.41, 5.74) is 1.67. The van der Waals surface area contributed by atoms with Crippen molar-refractivity contribution in [2.75, 3.05) is 5.32 Å². The molecule has 6 heteroatoms. The van der Waals surface area contributed by atoms with Crippen LogP contribution in [0.3, 0.4) is 0 Å². The Labute approximate surface area is 113 Å².